The third-order valence-corrected chi connectivity index (χ3v) is 4.11. The van der Waals surface area contributed by atoms with Crippen molar-refractivity contribution in [3.8, 4) is 17.2 Å². The fraction of sp³-hybridized carbons (Fsp3) is 0.150. The lowest BCUT2D eigenvalue weighted by Crippen LogP contribution is -2.27. The zero-order valence-corrected chi connectivity index (χ0v) is 16.0. The van der Waals surface area contributed by atoms with E-state index in [0.717, 1.165) is 0 Å². The largest absolute Gasteiger partial charge is 0.493 e. The second-order valence-corrected chi connectivity index (χ2v) is 5.83. The van der Waals surface area contributed by atoms with Crippen LogP contribution in [0.1, 0.15) is 20.7 Å². The highest BCUT2D eigenvalue weighted by atomic mass is 16.5. The highest BCUT2D eigenvalue weighted by molar-refractivity contribution is 5.96. The van der Waals surface area contributed by atoms with E-state index in [1.165, 1.54) is 33.5 Å². The molecule has 3 aromatic rings. The maximum Gasteiger partial charge on any atom is 0.271 e. The highest BCUT2D eigenvalue weighted by Crippen LogP contribution is 2.38. The number of para-hydroxylation sites is 1. The number of methoxy groups -OCH3 is 3. The Balaban J connectivity index is 2.01. The fourth-order valence-electron chi connectivity index (χ4n) is 2.71. The van der Waals surface area contributed by atoms with Crippen LogP contribution in [0.25, 0.3) is 11.0 Å². The lowest BCUT2D eigenvalue weighted by molar-refractivity contribution is 0.0945. The predicted molar refractivity (Wildman–Crippen MR) is 104 cm³/mol. The number of ether oxygens (including phenoxy) is 3. The number of nitrogens with two attached hydrogens (primary N) is 1. The van der Waals surface area contributed by atoms with Crippen LogP contribution in [0.5, 0.6) is 17.2 Å². The van der Waals surface area contributed by atoms with Gasteiger partial charge in [-0.05, 0) is 24.3 Å². The average molecular weight is 397 g/mol. The van der Waals surface area contributed by atoms with Gasteiger partial charge in [0.05, 0.1) is 21.3 Å². The Morgan fingerprint density at radius 2 is 1.66 bits per heavy atom. The van der Waals surface area contributed by atoms with Gasteiger partial charge in [0.1, 0.15) is 11.1 Å². The minimum Gasteiger partial charge on any atom is -0.493 e. The minimum absolute atomic E-state index is 0.0360. The second-order valence-electron chi connectivity index (χ2n) is 5.83. The Labute approximate surface area is 165 Å². The Kier molecular flexibility index (Phi) is 5.68. The van der Waals surface area contributed by atoms with E-state index in [1.54, 1.807) is 30.3 Å². The normalized spacial score (nSPS) is 11.2. The summed E-state index contributed by atoms with van der Waals surface area (Å²) in [7, 11) is 4.34. The lowest BCUT2D eigenvalue weighted by atomic mass is 10.1. The monoisotopic (exact) mass is 397 g/mol. The molecule has 0 atom stereocenters. The summed E-state index contributed by atoms with van der Waals surface area (Å²) in [4.78, 5) is 24.3. The topological polar surface area (TPSA) is 125 Å². The molecule has 9 heteroatoms. The maximum atomic E-state index is 12.6. The average Bonchev–Trinajstić information content (AvgIpc) is 2.75. The number of nitrogens with zero attached hydrogens (tertiary/aromatic N) is 1. The molecule has 3 rings (SSSR count). The highest BCUT2D eigenvalue weighted by Gasteiger charge is 2.17. The van der Waals surface area contributed by atoms with Gasteiger partial charge < -0.3 is 24.4 Å². The van der Waals surface area contributed by atoms with Gasteiger partial charge in [0.15, 0.2) is 11.5 Å². The Morgan fingerprint density at radius 1 is 1.00 bits per heavy atom. The van der Waals surface area contributed by atoms with Crippen LogP contribution in [0, 0.1) is 0 Å². The number of carbonyl (C=O) groups is 2. The molecular weight excluding hydrogens is 378 g/mol. The summed E-state index contributed by atoms with van der Waals surface area (Å²) in [5, 5.41) is 4.60. The molecule has 2 aromatic carbocycles. The smallest absolute Gasteiger partial charge is 0.271 e. The van der Waals surface area contributed by atoms with Crippen molar-refractivity contribution >= 4 is 22.8 Å². The van der Waals surface area contributed by atoms with Crippen LogP contribution < -0.4 is 30.9 Å². The predicted octanol–water partition coefficient (Wildman–Crippen LogP) is 1.80. The van der Waals surface area contributed by atoms with Crippen LogP contribution in [0.15, 0.2) is 52.0 Å². The number of carbonyl (C=O) groups excluding carboxylic acids is 2. The first-order valence-corrected chi connectivity index (χ1v) is 8.45. The third kappa shape index (κ3) is 3.98. The van der Waals surface area contributed by atoms with Gasteiger partial charge in [0, 0.05) is 10.9 Å². The van der Waals surface area contributed by atoms with Crippen molar-refractivity contribution in [2.75, 3.05) is 21.3 Å². The van der Waals surface area contributed by atoms with Crippen molar-refractivity contribution < 1.29 is 28.2 Å². The van der Waals surface area contributed by atoms with E-state index in [9.17, 15) is 9.59 Å². The fourth-order valence-corrected chi connectivity index (χ4v) is 2.71. The first-order valence-electron chi connectivity index (χ1n) is 8.45. The molecule has 0 aliphatic carbocycles. The van der Waals surface area contributed by atoms with Gasteiger partial charge in [0.25, 0.3) is 11.8 Å². The van der Waals surface area contributed by atoms with Crippen LogP contribution in [-0.2, 0) is 0 Å². The Bertz CT molecular complexity index is 1130. The van der Waals surface area contributed by atoms with Gasteiger partial charge in [-0.1, -0.05) is 18.2 Å². The summed E-state index contributed by atoms with van der Waals surface area (Å²) in [6.45, 7) is 0. The van der Waals surface area contributed by atoms with E-state index in [1.807, 2.05) is 0 Å². The van der Waals surface area contributed by atoms with Crippen molar-refractivity contribution in [1.29, 1.82) is 0 Å². The van der Waals surface area contributed by atoms with Crippen molar-refractivity contribution in [2.45, 2.75) is 0 Å². The van der Waals surface area contributed by atoms with E-state index in [-0.39, 0.29) is 16.7 Å². The number of rotatable bonds is 6. The molecule has 0 aliphatic heterocycles. The van der Waals surface area contributed by atoms with E-state index < -0.39 is 11.8 Å². The molecule has 0 spiro atoms. The minimum atomic E-state index is -0.736. The third-order valence-electron chi connectivity index (χ3n) is 4.11. The molecule has 0 fully saturated rings. The number of amides is 2. The van der Waals surface area contributed by atoms with Crippen molar-refractivity contribution in [3.63, 3.8) is 0 Å². The van der Waals surface area contributed by atoms with Gasteiger partial charge in [-0.3, -0.25) is 9.59 Å². The van der Waals surface area contributed by atoms with Crippen LogP contribution in [0.4, 0.5) is 0 Å². The van der Waals surface area contributed by atoms with Crippen LogP contribution >= 0.6 is 0 Å². The summed E-state index contributed by atoms with van der Waals surface area (Å²) >= 11 is 0. The van der Waals surface area contributed by atoms with Crippen molar-refractivity contribution in [1.82, 2.24) is 5.43 Å². The molecule has 0 radical (unpaired) electrons. The van der Waals surface area contributed by atoms with Gasteiger partial charge in [-0.15, -0.1) is 5.10 Å². The summed E-state index contributed by atoms with van der Waals surface area (Å²) in [5.74, 6) is -0.345. The number of hydrogen-bond donors (Lipinski definition) is 2. The number of benzene rings is 2. The molecule has 3 N–H and O–H groups in total. The van der Waals surface area contributed by atoms with Gasteiger partial charge >= 0.3 is 0 Å². The van der Waals surface area contributed by atoms with Gasteiger partial charge in [-0.25, -0.2) is 5.43 Å². The lowest BCUT2D eigenvalue weighted by Gasteiger charge is -2.13. The zero-order valence-electron chi connectivity index (χ0n) is 16.0. The molecule has 0 unspecified atom stereocenters. The molecule has 1 heterocycles. The summed E-state index contributed by atoms with van der Waals surface area (Å²) in [6.07, 6.45) is 0. The van der Waals surface area contributed by atoms with Gasteiger partial charge in [-0.2, -0.15) is 0 Å². The number of hydrogen-bond acceptors (Lipinski definition) is 7. The van der Waals surface area contributed by atoms with E-state index in [4.69, 9.17) is 24.4 Å². The molecule has 1 aromatic heterocycles. The first-order chi connectivity index (χ1) is 14.0. The summed E-state index contributed by atoms with van der Waals surface area (Å²) in [6, 6.07) is 11.5. The van der Waals surface area contributed by atoms with E-state index in [2.05, 4.69) is 10.5 Å². The molecule has 0 aliphatic rings. The van der Waals surface area contributed by atoms with Gasteiger partial charge in [0.2, 0.25) is 11.3 Å². The first kappa shape index (κ1) is 19.7. The molecule has 0 bridgehead atoms. The van der Waals surface area contributed by atoms with Crippen LogP contribution in [0.3, 0.4) is 0 Å². The van der Waals surface area contributed by atoms with Crippen molar-refractivity contribution in [3.05, 3.63) is 59.1 Å². The Morgan fingerprint density at radius 3 is 2.24 bits per heavy atom. The zero-order chi connectivity index (χ0) is 21.0. The molecule has 0 saturated heterocycles. The van der Waals surface area contributed by atoms with Crippen molar-refractivity contribution in [2.24, 2.45) is 10.8 Å². The quantitative estimate of drug-likeness (QED) is 0.611. The molecule has 2 amide bonds. The molecule has 0 saturated carbocycles. The van der Waals surface area contributed by atoms with Crippen LogP contribution in [0.2, 0.25) is 0 Å². The molecular formula is C20H19N3O6. The van der Waals surface area contributed by atoms with E-state index >= 15 is 0 Å². The number of primary amides is 1. The summed E-state index contributed by atoms with van der Waals surface area (Å²) in [5.41, 5.74) is 8.37. The Hall–Kier alpha value is -4.01. The molecule has 9 nitrogen and oxygen atoms in total. The maximum absolute atomic E-state index is 12.6. The number of fused-ring (bicyclic) bond motifs is 1. The molecule has 29 heavy (non-hydrogen) atoms. The SMILES string of the molecule is COc1cc(C(=O)N/N=c2\oc3ccccc3cc2C(N)=O)cc(OC)c1OC. The number of nitrogens with one attached hydrogen (secondary N) is 1. The standard InChI is InChI=1S/C20H19N3O6/c1-26-15-9-12(10-16(27-2)17(15)28-3)19(25)22-23-20-13(18(21)24)8-11-6-4-5-7-14(11)29-20/h4-10H,1-3H3,(H2,21,24)(H,22,25)/b23-20-. The van der Waals surface area contributed by atoms with Crippen LogP contribution in [-0.4, -0.2) is 33.1 Å². The van der Waals surface area contributed by atoms with E-state index in [0.29, 0.717) is 28.2 Å². The summed E-state index contributed by atoms with van der Waals surface area (Å²) < 4.78 is 21.3. The molecule has 150 valence electrons. The second kappa shape index (κ2) is 8.34.